The maximum Gasteiger partial charge on any atom is 0.243 e. The highest BCUT2D eigenvalue weighted by molar-refractivity contribution is 5.75. The molecule has 0 aromatic heterocycles. The Bertz CT molecular complexity index is 364. The van der Waals surface area contributed by atoms with Gasteiger partial charge in [-0.2, -0.15) is 0 Å². The van der Waals surface area contributed by atoms with Crippen LogP contribution in [0.2, 0.25) is 0 Å². The summed E-state index contributed by atoms with van der Waals surface area (Å²) in [5, 5.41) is 0. The van der Waals surface area contributed by atoms with Gasteiger partial charge in [-0.15, -0.1) is 0 Å². The lowest BCUT2D eigenvalue weighted by atomic mass is 10.1. The first kappa shape index (κ1) is 13.5. The van der Waals surface area contributed by atoms with Crippen LogP contribution in [0.5, 0.6) is 0 Å². The number of hydrogen-bond donors (Lipinski definition) is 2. The van der Waals surface area contributed by atoms with Gasteiger partial charge in [0.1, 0.15) is 0 Å². The predicted molar refractivity (Wildman–Crippen MR) is 68.1 cm³/mol. The van der Waals surface area contributed by atoms with Crippen molar-refractivity contribution in [3.05, 3.63) is 29.8 Å². The van der Waals surface area contributed by atoms with Crippen LogP contribution >= 0.6 is 0 Å². The van der Waals surface area contributed by atoms with Crippen LogP contribution in [-0.2, 0) is 16.1 Å². The van der Waals surface area contributed by atoms with Crippen LogP contribution in [-0.4, -0.2) is 12.5 Å². The van der Waals surface area contributed by atoms with E-state index in [1.54, 1.807) is 0 Å². The molecule has 0 radical (unpaired) electrons. The third-order valence-electron chi connectivity index (χ3n) is 2.28. The zero-order valence-corrected chi connectivity index (χ0v) is 10.4. The highest BCUT2D eigenvalue weighted by atomic mass is 16.6. The van der Waals surface area contributed by atoms with Gasteiger partial charge in [0.2, 0.25) is 5.91 Å². The molecule has 0 aliphatic rings. The van der Waals surface area contributed by atoms with Crippen LogP contribution in [0.4, 0.5) is 5.69 Å². The number of hydrogen-bond acceptors (Lipinski definition) is 3. The highest BCUT2D eigenvalue weighted by Crippen LogP contribution is 2.12. The number of aryl methyl sites for hydroxylation is 1. The van der Waals surface area contributed by atoms with Crippen molar-refractivity contribution in [2.24, 2.45) is 5.92 Å². The Labute approximate surface area is 102 Å². The maximum atomic E-state index is 11.4. The number of benzene rings is 1. The first-order valence-corrected chi connectivity index (χ1v) is 5.83. The Morgan fingerprint density at radius 1 is 1.41 bits per heavy atom. The van der Waals surface area contributed by atoms with E-state index in [2.05, 4.69) is 5.48 Å². The van der Waals surface area contributed by atoms with Crippen LogP contribution in [0.15, 0.2) is 24.3 Å². The minimum Gasteiger partial charge on any atom is -0.399 e. The summed E-state index contributed by atoms with van der Waals surface area (Å²) in [6, 6.07) is 7.56. The number of hydroxylamine groups is 1. The molecule has 0 unspecified atom stereocenters. The van der Waals surface area contributed by atoms with E-state index in [1.165, 1.54) is 0 Å². The van der Waals surface area contributed by atoms with E-state index in [-0.39, 0.29) is 5.91 Å². The molecule has 0 heterocycles. The van der Waals surface area contributed by atoms with E-state index < -0.39 is 0 Å². The van der Waals surface area contributed by atoms with Crippen LogP contribution in [0.3, 0.4) is 0 Å². The summed E-state index contributed by atoms with van der Waals surface area (Å²) in [5.74, 6) is 0.286. The van der Waals surface area contributed by atoms with Gasteiger partial charge in [-0.3, -0.25) is 9.63 Å². The SMILES string of the molecule is CC(C)CONC(=O)CCc1ccccc1N. The monoisotopic (exact) mass is 236 g/mol. The molecule has 0 aliphatic carbocycles. The number of nitrogen functional groups attached to an aromatic ring is 1. The van der Waals surface area contributed by atoms with Crippen molar-refractivity contribution >= 4 is 11.6 Å². The third kappa shape index (κ3) is 5.36. The molecule has 17 heavy (non-hydrogen) atoms. The molecular weight excluding hydrogens is 216 g/mol. The van der Waals surface area contributed by atoms with E-state index in [0.717, 1.165) is 11.3 Å². The number of carbonyl (C=O) groups excluding carboxylic acids is 1. The summed E-state index contributed by atoms with van der Waals surface area (Å²) >= 11 is 0. The standard InChI is InChI=1S/C13H20N2O2/c1-10(2)9-17-15-13(16)8-7-11-5-3-4-6-12(11)14/h3-6,10H,7-9,14H2,1-2H3,(H,15,16). The number of nitrogens with two attached hydrogens (primary N) is 1. The van der Waals surface area contributed by atoms with Crippen molar-refractivity contribution < 1.29 is 9.63 Å². The second-order valence-corrected chi connectivity index (χ2v) is 4.43. The van der Waals surface area contributed by atoms with Crippen LogP contribution < -0.4 is 11.2 Å². The lowest BCUT2D eigenvalue weighted by Gasteiger charge is -2.08. The van der Waals surface area contributed by atoms with Crippen molar-refractivity contribution in [2.45, 2.75) is 26.7 Å². The molecule has 4 heteroatoms. The number of nitrogens with one attached hydrogen (secondary N) is 1. The number of anilines is 1. The fourth-order valence-corrected chi connectivity index (χ4v) is 1.35. The fourth-order valence-electron chi connectivity index (χ4n) is 1.35. The van der Waals surface area contributed by atoms with Gasteiger partial charge in [0.15, 0.2) is 0 Å². The van der Waals surface area contributed by atoms with Gasteiger partial charge < -0.3 is 5.73 Å². The molecular formula is C13H20N2O2. The van der Waals surface area contributed by atoms with Gasteiger partial charge in [-0.1, -0.05) is 32.0 Å². The Balaban J connectivity index is 2.26. The molecule has 0 atom stereocenters. The van der Waals surface area contributed by atoms with Gasteiger partial charge in [-0.25, -0.2) is 5.48 Å². The van der Waals surface area contributed by atoms with Crippen LogP contribution in [0.25, 0.3) is 0 Å². The molecule has 0 saturated heterocycles. The molecule has 1 rings (SSSR count). The minimum absolute atomic E-state index is 0.117. The topological polar surface area (TPSA) is 64.3 Å². The van der Waals surface area contributed by atoms with E-state index in [0.29, 0.717) is 25.4 Å². The van der Waals surface area contributed by atoms with Crippen molar-refractivity contribution in [1.29, 1.82) is 0 Å². The molecule has 1 aromatic rings. The van der Waals surface area contributed by atoms with E-state index in [1.807, 2.05) is 38.1 Å². The van der Waals surface area contributed by atoms with Gasteiger partial charge in [0, 0.05) is 12.1 Å². The first-order chi connectivity index (χ1) is 8.09. The van der Waals surface area contributed by atoms with E-state index in [4.69, 9.17) is 10.6 Å². The minimum atomic E-state index is -0.117. The van der Waals surface area contributed by atoms with E-state index in [9.17, 15) is 4.79 Å². The fraction of sp³-hybridized carbons (Fsp3) is 0.462. The molecule has 3 N–H and O–H groups in total. The van der Waals surface area contributed by atoms with Gasteiger partial charge in [0.25, 0.3) is 0 Å². The summed E-state index contributed by atoms with van der Waals surface area (Å²) < 4.78 is 0. The number of carbonyl (C=O) groups is 1. The largest absolute Gasteiger partial charge is 0.399 e. The maximum absolute atomic E-state index is 11.4. The van der Waals surface area contributed by atoms with Crippen molar-refractivity contribution in [3.63, 3.8) is 0 Å². The van der Waals surface area contributed by atoms with Crippen molar-refractivity contribution in [2.75, 3.05) is 12.3 Å². The Hall–Kier alpha value is -1.55. The van der Waals surface area contributed by atoms with Gasteiger partial charge in [-0.05, 0) is 24.0 Å². The average Bonchev–Trinajstić information content (AvgIpc) is 2.27. The smallest absolute Gasteiger partial charge is 0.243 e. The average molecular weight is 236 g/mol. The Morgan fingerprint density at radius 2 is 2.12 bits per heavy atom. The van der Waals surface area contributed by atoms with Gasteiger partial charge in [0.05, 0.1) is 6.61 Å². The quantitative estimate of drug-likeness (QED) is 0.585. The predicted octanol–water partition coefficient (Wildman–Crippen LogP) is 1.91. The summed E-state index contributed by atoms with van der Waals surface area (Å²) in [5.41, 5.74) is 9.93. The normalized spacial score (nSPS) is 10.5. The summed E-state index contributed by atoms with van der Waals surface area (Å²) in [7, 11) is 0. The van der Waals surface area contributed by atoms with E-state index >= 15 is 0 Å². The van der Waals surface area contributed by atoms with Crippen molar-refractivity contribution in [3.8, 4) is 0 Å². The highest BCUT2D eigenvalue weighted by Gasteiger charge is 2.04. The zero-order chi connectivity index (χ0) is 12.7. The molecule has 0 spiro atoms. The Kier molecular flexibility index (Phi) is 5.49. The lowest BCUT2D eigenvalue weighted by Crippen LogP contribution is -2.25. The number of amides is 1. The number of para-hydroxylation sites is 1. The second kappa shape index (κ2) is 6.91. The molecule has 1 amide bonds. The molecule has 1 aromatic carbocycles. The summed E-state index contributed by atoms with van der Waals surface area (Å²) in [6.07, 6.45) is 1.01. The molecule has 0 bridgehead atoms. The second-order valence-electron chi connectivity index (χ2n) is 4.43. The summed E-state index contributed by atoms with van der Waals surface area (Å²) in [4.78, 5) is 16.5. The van der Waals surface area contributed by atoms with Gasteiger partial charge >= 0.3 is 0 Å². The zero-order valence-electron chi connectivity index (χ0n) is 10.4. The van der Waals surface area contributed by atoms with Crippen molar-refractivity contribution in [1.82, 2.24) is 5.48 Å². The first-order valence-electron chi connectivity index (χ1n) is 5.83. The molecule has 4 nitrogen and oxygen atoms in total. The molecule has 0 fully saturated rings. The van der Waals surface area contributed by atoms with Crippen LogP contribution in [0, 0.1) is 5.92 Å². The summed E-state index contributed by atoms with van der Waals surface area (Å²) in [6.45, 7) is 4.58. The molecule has 94 valence electrons. The third-order valence-corrected chi connectivity index (χ3v) is 2.28. The molecule has 0 saturated carbocycles. The number of rotatable bonds is 6. The molecule has 0 aliphatic heterocycles. The van der Waals surface area contributed by atoms with Crippen LogP contribution in [0.1, 0.15) is 25.8 Å². The Morgan fingerprint density at radius 3 is 2.76 bits per heavy atom. The lowest BCUT2D eigenvalue weighted by molar-refractivity contribution is -0.134.